The maximum atomic E-state index is 9.71. The molecule has 1 heterocycles. The van der Waals surface area contributed by atoms with Crippen LogP contribution < -0.4 is 0 Å². The Balaban J connectivity index is 1.72. The molecule has 1 aliphatic carbocycles. The van der Waals surface area contributed by atoms with Crippen molar-refractivity contribution >= 4 is 0 Å². The lowest BCUT2D eigenvalue weighted by Crippen LogP contribution is -2.52. The summed E-state index contributed by atoms with van der Waals surface area (Å²) in [7, 11) is 0. The van der Waals surface area contributed by atoms with Gasteiger partial charge in [-0.25, -0.2) is 0 Å². The molecule has 4 atom stereocenters. The molecule has 0 unspecified atom stereocenters. The summed E-state index contributed by atoms with van der Waals surface area (Å²) in [6, 6.07) is 23.1. The predicted molar refractivity (Wildman–Crippen MR) is 103 cm³/mol. The first-order valence-corrected chi connectivity index (χ1v) is 9.85. The highest BCUT2D eigenvalue weighted by Gasteiger charge is 2.44. The molecule has 132 valence electrons. The number of likely N-dealkylation sites (tertiary alicyclic amines) is 1. The Morgan fingerprint density at radius 3 is 2.16 bits per heavy atom. The molecule has 2 aromatic rings. The van der Waals surface area contributed by atoms with Crippen LogP contribution in [0, 0.1) is 5.92 Å². The van der Waals surface area contributed by atoms with Crippen molar-refractivity contribution in [3.05, 3.63) is 71.8 Å². The first kappa shape index (κ1) is 16.8. The monoisotopic (exact) mass is 335 g/mol. The van der Waals surface area contributed by atoms with Gasteiger partial charge in [-0.15, -0.1) is 0 Å². The van der Waals surface area contributed by atoms with E-state index in [-0.39, 0.29) is 6.61 Å². The topological polar surface area (TPSA) is 23.5 Å². The quantitative estimate of drug-likeness (QED) is 0.870. The van der Waals surface area contributed by atoms with Crippen LogP contribution in [-0.2, 0) is 0 Å². The van der Waals surface area contributed by atoms with Gasteiger partial charge in [0.1, 0.15) is 0 Å². The third-order valence-electron chi connectivity index (χ3n) is 6.37. The Labute approximate surface area is 151 Å². The minimum absolute atomic E-state index is 0.253. The molecular weight excluding hydrogens is 306 g/mol. The van der Waals surface area contributed by atoms with E-state index in [0.717, 1.165) is 18.9 Å². The summed E-state index contributed by atoms with van der Waals surface area (Å²) in [5, 5.41) is 9.71. The summed E-state index contributed by atoms with van der Waals surface area (Å²) < 4.78 is 0. The van der Waals surface area contributed by atoms with Crippen molar-refractivity contribution in [2.75, 3.05) is 13.2 Å². The third kappa shape index (κ3) is 3.38. The average molecular weight is 335 g/mol. The molecule has 1 aliphatic heterocycles. The molecule has 2 aliphatic rings. The number of aliphatic hydroxyl groups excluding tert-OH is 1. The zero-order valence-corrected chi connectivity index (χ0v) is 14.9. The van der Waals surface area contributed by atoms with E-state index in [0.29, 0.717) is 18.0 Å². The van der Waals surface area contributed by atoms with Crippen LogP contribution in [0.25, 0.3) is 0 Å². The molecule has 25 heavy (non-hydrogen) atoms. The van der Waals surface area contributed by atoms with Gasteiger partial charge in [0.2, 0.25) is 0 Å². The number of hydrogen-bond acceptors (Lipinski definition) is 2. The van der Waals surface area contributed by atoms with Crippen LogP contribution in [0.2, 0.25) is 0 Å². The van der Waals surface area contributed by atoms with Crippen molar-refractivity contribution in [3.8, 4) is 0 Å². The summed E-state index contributed by atoms with van der Waals surface area (Å²) in [6.07, 6.45) is 6.44. The van der Waals surface area contributed by atoms with Gasteiger partial charge in [-0.1, -0.05) is 73.5 Å². The molecule has 2 nitrogen and oxygen atoms in total. The van der Waals surface area contributed by atoms with Gasteiger partial charge >= 0.3 is 0 Å². The number of rotatable bonds is 4. The highest BCUT2D eigenvalue weighted by Crippen LogP contribution is 2.50. The van der Waals surface area contributed by atoms with Gasteiger partial charge < -0.3 is 5.11 Å². The molecule has 4 rings (SSSR count). The molecule has 0 spiro atoms. The van der Waals surface area contributed by atoms with E-state index in [2.05, 4.69) is 65.6 Å². The minimum atomic E-state index is 0.253. The van der Waals surface area contributed by atoms with Gasteiger partial charge in [0.15, 0.2) is 0 Å². The number of β-amino-alcohol motifs (C(OH)–C–C–N with tert-alkyl or cyclic N) is 1. The largest absolute Gasteiger partial charge is 0.395 e. The molecule has 1 saturated carbocycles. The van der Waals surface area contributed by atoms with E-state index >= 15 is 0 Å². The van der Waals surface area contributed by atoms with Gasteiger partial charge in [0.05, 0.1) is 6.61 Å². The molecule has 0 aromatic heterocycles. The number of aliphatic hydroxyl groups is 1. The summed E-state index contributed by atoms with van der Waals surface area (Å²) in [5.41, 5.74) is 2.91. The van der Waals surface area contributed by atoms with E-state index in [4.69, 9.17) is 0 Å². The highest BCUT2D eigenvalue weighted by atomic mass is 16.3. The maximum Gasteiger partial charge on any atom is 0.0558 e. The second-order valence-corrected chi connectivity index (χ2v) is 7.66. The number of piperidine rings is 1. The second-order valence-electron chi connectivity index (χ2n) is 7.66. The van der Waals surface area contributed by atoms with Gasteiger partial charge in [0.25, 0.3) is 0 Å². The number of benzene rings is 2. The molecule has 0 radical (unpaired) electrons. The molecule has 1 N–H and O–H groups in total. The number of fused-ring (bicyclic) bond motifs is 1. The van der Waals surface area contributed by atoms with E-state index < -0.39 is 0 Å². The fraction of sp³-hybridized carbons (Fsp3) is 0.478. The minimum Gasteiger partial charge on any atom is -0.395 e. The van der Waals surface area contributed by atoms with Crippen molar-refractivity contribution in [1.82, 2.24) is 4.90 Å². The van der Waals surface area contributed by atoms with E-state index in [1.54, 1.807) is 0 Å². The first-order valence-electron chi connectivity index (χ1n) is 9.85. The lowest BCUT2D eigenvalue weighted by Gasteiger charge is -2.52. The van der Waals surface area contributed by atoms with Crippen LogP contribution in [-0.4, -0.2) is 29.2 Å². The lowest BCUT2D eigenvalue weighted by atomic mass is 9.67. The average Bonchev–Trinajstić information content (AvgIpc) is 2.70. The van der Waals surface area contributed by atoms with Crippen molar-refractivity contribution in [1.29, 1.82) is 0 Å². The number of hydrogen-bond donors (Lipinski definition) is 1. The standard InChI is InChI=1S/C23H29NO/c25-16-15-24-22-14-8-7-13-20(22)21(18-9-3-1-4-10-18)17-23(24)19-11-5-2-6-12-19/h1-6,9-12,20-23,25H,7-8,13-17H2/t20-,21+,22-,23-/m1/s1. The van der Waals surface area contributed by atoms with Gasteiger partial charge in [-0.05, 0) is 42.2 Å². The molecule has 2 aromatic carbocycles. The summed E-state index contributed by atoms with van der Waals surface area (Å²) in [5.74, 6) is 1.36. The van der Waals surface area contributed by atoms with Crippen LogP contribution in [0.15, 0.2) is 60.7 Å². The van der Waals surface area contributed by atoms with E-state index in [1.165, 1.54) is 36.8 Å². The fourth-order valence-electron chi connectivity index (χ4n) is 5.33. The normalized spacial score (nSPS) is 30.0. The van der Waals surface area contributed by atoms with Crippen LogP contribution in [0.5, 0.6) is 0 Å². The number of nitrogens with zero attached hydrogens (tertiary/aromatic N) is 1. The van der Waals surface area contributed by atoms with Crippen molar-refractivity contribution in [3.63, 3.8) is 0 Å². The van der Waals surface area contributed by atoms with Gasteiger partial charge in [-0.3, -0.25) is 4.90 Å². The predicted octanol–water partition coefficient (Wildman–Crippen LogP) is 4.77. The van der Waals surface area contributed by atoms with Crippen LogP contribution in [0.4, 0.5) is 0 Å². The Kier molecular flexibility index (Phi) is 5.19. The van der Waals surface area contributed by atoms with Crippen LogP contribution in [0.1, 0.15) is 55.2 Å². The van der Waals surface area contributed by atoms with Crippen molar-refractivity contribution in [2.45, 2.75) is 50.1 Å². The Morgan fingerprint density at radius 1 is 0.840 bits per heavy atom. The molecule has 1 saturated heterocycles. The molecule has 2 heteroatoms. The first-order chi connectivity index (χ1) is 12.4. The Hall–Kier alpha value is -1.64. The second kappa shape index (κ2) is 7.72. The molecular formula is C23H29NO. The zero-order valence-electron chi connectivity index (χ0n) is 14.9. The van der Waals surface area contributed by atoms with Crippen LogP contribution in [0.3, 0.4) is 0 Å². The zero-order chi connectivity index (χ0) is 17.1. The smallest absolute Gasteiger partial charge is 0.0558 e. The third-order valence-corrected chi connectivity index (χ3v) is 6.37. The van der Waals surface area contributed by atoms with Crippen molar-refractivity contribution in [2.24, 2.45) is 5.92 Å². The van der Waals surface area contributed by atoms with E-state index in [9.17, 15) is 5.11 Å². The SMILES string of the molecule is OCCN1[C@@H](c2ccccc2)C[C@@H](c2ccccc2)[C@H]2CCCC[C@H]21. The summed E-state index contributed by atoms with van der Waals surface area (Å²) in [6.45, 7) is 1.05. The molecule has 0 bridgehead atoms. The lowest BCUT2D eigenvalue weighted by molar-refractivity contribution is -0.0101. The maximum absolute atomic E-state index is 9.71. The van der Waals surface area contributed by atoms with Crippen molar-refractivity contribution < 1.29 is 5.11 Å². The Bertz CT molecular complexity index is 656. The van der Waals surface area contributed by atoms with Gasteiger partial charge in [0, 0.05) is 18.6 Å². The van der Waals surface area contributed by atoms with E-state index in [1.807, 2.05) is 0 Å². The Morgan fingerprint density at radius 2 is 1.48 bits per heavy atom. The van der Waals surface area contributed by atoms with Crippen LogP contribution >= 0.6 is 0 Å². The molecule has 0 amide bonds. The fourth-order valence-corrected chi connectivity index (χ4v) is 5.33. The molecule has 2 fully saturated rings. The summed E-state index contributed by atoms with van der Waals surface area (Å²) >= 11 is 0. The summed E-state index contributed by atoms with van der Waals surface area (Å²) in [4.78, 5) is 2.62. The highest BCUT2D eigenvalue weighted by molar-refractivity contribution is 5.27. The van der Waals surface area contributed by atoms with Gasteiger partial charge in [-0.2, -0.15) is 0 Å².